The van der Waals surface area contributed by atoms with Gasteiger partial charge in [0.1, 0.15) is 0 Å². The third-order valence-electron chi connectivity index (χ3n) is 2.81. The van der Waals surface area contributed by atoms with Crippen LogP contribution in [-0.2, 0) is 0 Å². The molecule has 2 aromatic carbocycles. The molecule has 84 valence electrons. The Hall–Kier alpha value is -1.31. The Bertz CT molecular complexity index is 682. The van der Waals surface area contributed by atoms with Gasteiger partial charge in [-0.25, -0.2) is 0 Å². The van der Waals surface area contributed by atoms with Crippen LogP contribution in [0.15, 0.2) is 48.5 Å². The van der Waals surface area contributed by atoms with E-state index in [4.69, 9.17) is 11.6 Å². The van der Waals surface area contributed by atoms with Gasteiger partial charge in [-0.05, 0) is 36.1 Å². The average molecular weight is 259 g/mol. The Morgan fingerprint density at radius 2 is 1.82 bits per heavy atom. The second-order valence-corrected chi connectivity index (χ2v) is 5.62. The Kier molecular flexibility index (Phi) is 2.65. The van der Waals surface area contributed by atoms with Gasteiger partial charge in [0.25, 0.3) is 0 Å². The van der Waals surface area contributed by atoms with Crippen molar-refractivity contribution < 1.29 is 0 Å². The van der Waals surface area contributed by atoms with Gasteiger partial charge in [0.05, 0.1) is 0 Å². The number of halogens is 1. The number of rotatable bonds is 1. The Morgan fingerprint density at radius 1 is 1.00 bits per heavy atom. The van der Waals surface area contributed by atoms with E-state index in [1.807, 2.05) is 18.2 Å². The van der Waals surface area contributed by atoms with E-state index in [2.05, 4.69) is 37.3 Å². The standard InChI is InChI=1S/C15H11ClS/c1-10-6-7-11-9-15(17-14(11)8-10)12-4-2-3-5-13(12)16/h2-9H,1H3. The summed E-state index contributed by atoms with van der Waals surface area (Å²) in [6, 6.07) is 16.7. The zero-order valence-corrected chi connectivity index (χ0v) is 11.0. The van der Waals surface area contributed by atoms with Crippen molar-refractivity contribution in [2.45, 2.75) is 6.92 Å². The first-order valence-corrected chi connectivity index (χ1v) is 6.68. The smallest absolute Gasteiger partial charge is 0.0492 e. The topological polar surface area (TPSA) is 0 Å². The summed E-state index contributed by atoms with van der Waals surface area (Å²) in [7, 11) is 0. The number of aryl methyl sites for hydroxylation is 1. The van der Waals surface area contributed by atoms with E-state index in [9.17, 15) is 0 Å². The molecule has 0 atom stereocenters. The van der Waals surface area contributed by atoms with E-state index < -0.39 is 0 Å². The highest BCUT2D eigenvalue weighted by molar-refractivity contribution is 7.22. The maximum atomic E-state index is 6.22. The lowest BCUT2D eigenvalue weighted by molar-refractivity contribution is 1.52. The second-order valence-electron chi connectivity index (χ2n) is 4.13. The summed E-state index contributed by atoms with van der Waals surface area (Å²) in [5, 5.41) is 2.10. The molecule has 0 nitrogen and oxygen atoms in total. The van der Waals surface area contributed by atoms with Crippen molar-refractivity contribution in [1.29, 1.82) is 0 Å². The van der Waals surface area contributed by atoms with E-state index in [0.29, 0.717) is 0 Å². The van der Waals surface area contributed by atoms with Crippen LogP contribution in [0, 0.1) is 6.92 Å². The van der Waals surface area contributed by atoms with Crippen LogP contribution < -0.4 is 0 Å². The SMILES string of the molecule is Cc1ccc2cc(-c3ccccc3Cl)sc2c1. The fourth-order valence-corrected chi connectivity index (χ4v) is 3.43. The monoisotopic (exact) mass is 258 g/mol. The molecule has 2 heteroatoms. The zero-order chi connectivity index (χ0) is 11.8. The van der Waals surface area contributed by atoms with Gasteiger partial charge < -0.3 is 0 Å². The van der Waals surface area contributed by atoms with E-state index in [1.54, 1.807) is 11.3 Å². The minimum atomic E-state index is 0.816. The van der Waals surface area contributed by atoms with Gasteiger partial charge >= 0.3 is 0 Å². The highest BCUT2D eigenvalue weighted by Gasteiger charge is 2.07. The van der Waals surface area contributed by atoms with Gasteiger partial charge in [-0.2, -0.15) is 0 Å². The number of benzene rings is 2. The summed E-state index contributed by atoms with van der Waals surface area (Å²) < 4.78 is 1.32. The summed E-state index contributed by atoms with van der Waals surface area (Å²) in [6.45, 7) is 2.12. The molecule has 0 aliphatic carbocycles. The summed E-state index contributed by atoms with van der Waals surface area (Å²) in [5.41, 5.74) is 2.41. The lowest BCUT2D eigenvalue weighted by Gasteiger charge is -1.98. The first-order chi connectivity index (χ1) is 8.24. The molecule has 0 amide bonds. The van der Waals surface area contributed by atoms with Crippen LogP contribution in [0.3, 0.4) is 0 Å². The van der Waals surface area contributed by atoms with Crippen LogP contribution in [0.2, 0.25) is 5.02 Å². The molecule has 3 aromatic rings. The molecule has 0 aliphatic rings. The van der Waals surface area contributed by atoms with Crippen molar-refractivity contribution >= 4 is 33.0 Å². The molecule has 0 aliphatic heterocycles. The molecular weight excluding hydrogens is 248 g/mol. The molecule has 1 heterocycles. The maximum Gasteiger partial charge on any atom is 0.0492 e. The summed E-state index contributed by atoms with van der Waals surface area (Å²) >= 11 is 8.02. The fraction of sp³-hybridized carbons (Fsp3) is 0.0667. The van der Waals surface area contributed by atoms with Crippen LogP contribution in [0.1, 0.15) is 5.56 Å². The molecule has 17 heavy (non-hydrogen) atoms. The van der Waals surface area contributed by atoms with Gasteiger partial charge in [0, 0.05) is 20.2 Å². The van der Waals surface area contributed by atoms with Crippen molar-refractivity contribution in [1.82, 2.24) is 0 Å². The largest absolute Gasteiger partial charge is 0.135 e. The van der Waals surface area contributed by atoms with E-state index in [0.717, 1.165) is 10.6 Å². The van der Waals surface area contributed by atoms with Gasteiger partial charge in [-0.1, -0.05) is 41.9 Å². The van der Waals surface area contributed by atoms with E-state index >= 15 is 0 Å². The van der Waals surface area contributed by atoms with Crippen LogP contribution >= 0.6 is 22.9 Å². The van der Waals surface area contributed by atoms with Crippen molar-refractivity contribution in [2.24, 2.45) is 0 Å². The number of hydrogen-bond donors (Lipinski definition) is 0. The first-order valence-electron chi connectivity index (χ1n) is 5.49. The maximum absolute atomic E-state index is 6.22. The summed E-state index contributed by atoms with van der Waals surface area (Å²) in [5.74, 6) is 0. The van der Waals surface area contributed by atoms with Crippen molar-refractivity contribution in [3.8, 4) is 10.4 Å². The molecule has 0 radical (unpaired) electrons. The molecule has 3 rings (SSSR count). The van der Waals surface area contributed by atoms with Crippen LogP contribution in [0.5, 0.6) is 0 Å². The minimum absolute atomic E-state index is 0.816. The molecular formula is C15H11ClS. The highest BCUT2D eigenvalue weighted by Crippen LogP contribution is 2.37. The van der Waals surface area contributed by atoms with Gasteiger partial charge in [0.2, 0.25) is 0 Å². The van der Waals surface area contributed by atoms with Gasteiger partial charge in [0.15, 0.2) is 0 Å². The third kappa shape index (κ3) is 1.97. The number of thiophene rings is 1. The average Bonchev–Trinajstić information content (AvgIpc) is 2.72. The fourth-order valence-electron chi connectivity index (χ4n) is 1.93. The van der Waals surface area contributed by atoms with Crippen molar-refractivity contribution in [3.05, 3.63) is 59.1 Å². The van der Waals surface area contributed by atoms with Crippen LogP contribution in [0.25, 0.3) is 20.5 Å². The minimum Gasteiger partial charge on any atom is -0.135 e. The van der Waals surface area contributed by atoms with E-state index in [-0.39, 0.29) is 0 Å². The third-order valence-corrected chi connectivity index (χ3v) is 4.28. The predicted octanol–water partition coefficient (Wildman–Crippen LogP) is 5.53. The van der Waals surface area contributed by atoms with E-state index in [1.165, 1.54) is 20.5 Å². The lowest BCUT2D eigenvalue weighted by Crippen LogP contribution is -1.72. The molecule has 0 spiro atoms. The number of hydrogen-bond acceptors (Lipinski definition) is 1. The molecule has 0 fully saturated rings. The zero-order valence-electron chi connectivity index (χ0n) is 9.41. The Balaban J connectivity index is 2.22. The first kappa shape index (κ1) is 10.8. The van der Waals surface area contributed by atoms with Crippen LogP contribution in [-0.4, -0.2) is 0 Å². The molecule has 0 unspecified atom stereocenters. The van der Waals surface area contributed by atoms with Gasteiger partial charge in [-0.3, -0.25) is 0 Å². The van der Waals surface area contributed by atoms with Crippen LogP contribution in [0.4, 0.5) is 0 Å². The molecule has 0 saturated heterocycles. The number of fused-ring (bicyclic) bond motifs is 1. The Morgan fingerprint density at radius 3 is 2.65 bits per heavy atom. The molecule has 0 N–H and O–H groups in total. The van der Waals surface area contributed by atoms with Gasteiger partial charge in [-0.15, -0.1) is 11.3 Å². The predicted molar refractivity (Wildman–Crippen MR) is 77.0 cm³/mol. The summed E-state index contributed by atoms with van der Waals surface area (Å²) in [6.07, 6.45) is 0. The quantitative estimate of drug-likeness (QED) is 0.538. The lowest BCUT2D eigenvalue weighted by atomic mass is 10.1. The molecule has 0 saturated carbocycles. The second kappa shape index (κ2) is 4.17. The molecule has 0 bridgehead atoms. The van der Waals surface area contributed by atoms with Crippen molar-refractivity contribution in [3.63, 3.8) is 0 Å². The highest BCUT2D eigenvalue weighted by atomic mass is 35.5. The van der Waals surface area contributed by atoms with Crippen molar-refractivity contribution in [2.75, 3.05) is 0 Å². The molecule has 1 aromatic heterocycles. The Labute approximate surface area is 109 Å². The normalized spacial score (nSPS) is 10.9. The summed E-state index contributed by atoms with van der Waals surface area (Å²) in [4.78, 5) is 1.23.